The number of rotatable bonds is 8. The fraction of sp³-hybridized carbons (Fsp3) is 0.476. The van der Waals surface area contributed by atoms with Crippen LogP contribution < -0.4 is 14.8 Å². The SMILES string of the molecule is COc1ccc(OC(C)C(=O)NCC2CCN(Cc3cccs3)CC2)cc1. The van der Waals surface area contributed by atoms with Gasteiger partial charge in [-0.2, -0.15) is 0 Å². The van der Waals surface area contributed by atoms with Gasteiger partial charge in [-0.15, -0.1) is 11.3 Å². The maximum absolute atomic E-state index is 12.3. The Balaban J connectivity index is 1.36. The van der Waals surface area contributed by atoms with Crippen molar-refractivity contribution in [3.05, 3.63) is 46.7 Å². The predicted molar refractivity (Wildman–Crippen MR) is 108 cm³/mol. The van der Waals surface area contributed by atoms with Crippen molar-refractivity contribution < 1.29 is 14.3 Å². The monoisotopic (exact) mass is 388 g/mol. The summed E-state index contributed by atoms with van der Waals surface area (Å²) in [6.07, 6.45) is 1.73. The summed E-state index contributed by atoms with van der Waals surface area (Å²) in [5, 5.41) is 5.18. The summed E-state index contributed by atoms with van der Waals surface area (Å²) in [6, 6.07) is 11.6. The van der Waals surface area contributed by atoms with Gasteiger partial charge in [0.15, 0.2) is 6.10 Å². The average Bonchev–Trinajstić information content (AvgIpc) is 3.21. The van der Waals surface area contributed by atoms with Gasteiger partial charge in [0.2, 0.25) is 0 Å². The highest BCUT2D eigenvalue weighted by Gasteiger charge is 2.21. The molecule has 1 fully saturated rings. The standard InChI is InChI=1S/C21H28N2O3S/c1-16(26-19-7-5-18(25-2)6-8-19)21(24)22-14-17-9-11-23(12-10-17)15-20-4-3-13-27-20/h3-8,13,16-17H,9-12,14-15H2,1-2H3,(H,22,24). The van der Waals surface area contributed by atoms with Crippen LogP contribution in [0.2, 0.25) is 0 Å². The topological polar surface area (TPSA) is 50.8 Å². The van der Waals surface area contributed by atoms with E-state index < -0.39 is 6.10 Å². The van der Waals surface area contributed by atoms with E-state index in [0.717, 1.165) is 44.8 Å². The second kappa shape index (κ2) is 9.76. The Kier molecular flexibility index (Phi) is 7.12. The summed E-state index contributed by atoms with van der Waals surface area (Å²) in [7, 11) is 1.62. The predicted octanol–water partition coefficient (Wildman–Crippen LogP) is 3.55. The second-order valence-electron chi connectivity index (χ2n) is 6.98. The molecule has 146 valence electrons. The van der Waals surface area contributed by atoms with Crippen LogP contribution in [0.5, 0.6) is 11.5 Å². The third-order valence-electron chi connectivity index (χ3n) is 4.97. The van der Waals surface area contributed by atoms with E-state index in [1.54, 1.807) is 14.0 Å². The first-order chi connectivity index (χ1) is 13.1. The van der Waals surface area contributed by atoms with Crippen LogP contribution in [0.4, 0.5) is 0 Å². The average molecular weight is 389 g/mol. The first kappa shape index (κ1) is 19.7. The van der Waals surface area contributed by atoms with Gasteiger partial charge in [0, 0.05) is 18.0 Å². The van der Waals surface area contributed by atoms with Gasteiger partial charge in [-0.3, -0.25) is 9.69 Å². The minimum atomic E-state index is -0.516. The normalized spacial score (nSPS) is 16.7. The number of methoxy groups -OCH3 is 1. The molecule has 2 heterocycles. The molecule has 0 bridgehead atoms. The molecular formula is C21H28N2O3S. The molecule has 1 aliphatic heterocycles. The molecule has 2 aromatic rings. The van der Waals surface area contributed by atoms with E-state index in [-0.39, 0.29) is 5.91 Å². The van der Waals surface area contributed by atoms with Gasteiger partial charge in [0.25, 0.3) is 5.91 Å². The van der Waals surface area contributed by atoms with Crippen molar-refractivity contribution in [2.75, 3.05) is 26.7 Å². The lowest BCUT2D eigenvalue weighted by atomic mass is 9.96. The van der Waals surface area contributed by atoms with E-state index in [2.05, 4.69) is 27.7 Å². The number of benzene rings is 1. The lowest BCUT2D eigenvalue weighted by Crippen LogP contribution is -2.42. The maximum Gasteiger partial charge on any atom is 0.260 e. The van der Waals surface area contributed by atoms with Crippen LogP contribution in [0.25, 0.3) is 0 Å². The zero-order chi connectivity index (χ0) is 19.1. The number of thiophene rings is 1. The van der Waals surface area contributed by atoms with Crippen LogP contribution in [-0.2, 0) is 11.3 Å². The zero-order valence-electron chi connectivity index (χ0n) is 16.0. The summed E-state index contributed by atoms with van der Waals surface area (Å²) < 4.78 is 10.8. The van der Waals surface area contributed by atoms with E-state index in [4.69, 9.17) is 9.47 Å². The number of hydrogen-bond donors (Lipinski definition) is 1. The number of carbonyl (C=O) groups is 1. The lowest BCUT2D eigenvalue weighted by Gasteiger charge is -2.31. The van der Waals surface area contributed by atoms with E-state index in [1.165, 1.54) is 4.88 Å². The van der Waals surface area contributed by atoms with E-state index in [0.29, 0.717) is 11.7 Å². The van der Waals surface area contributed by atoms with Crippen LogP contribution in [-0.4, -0.2) is 43.7 Å². The fourth-order valence-corrected chi connectivity index (χ4v) is 4.02. The third kappa shape index (κ3) is 5.97. The van der Waals surface area contributed by atoms with Gasteiger partial charge < -0.3 is 14.8 Å². The summed E-state index contributed by atoms with van der Waals surface area (Å²) in [6.45, 7) is 5.74. The highest BCUT2D eigenvalue weighted by Crippen LogP contribution is 2.21. The Morgan fingerprint density at radius 3 is 2.56 bits per heavy atom. The van der Waals surface area contributed by atoms with Crippen LogP contribution >= 0.6 is 11.3 Å². The first-order valence-electron chi connectivity index (χ1n) is 9.47. The van der Waals surface area contributed by atoms with Crippen molar-refractivity contribution in [1.82, 2.24) is 10.2 Å². The molecule has 1 unspecified atom stereocenters. The van der Waals surface area contributed by atoms with Crippen molar-refractivity contribution in [2.24, 2.45) is 5.92 Å². The van der Waals surface area contributed by atoms with Gasteiger partial charge >= 0.3 is 0 Å². The van der Waals surface area contributed by atoms with Crippen LogP contribution in [0.3, 0.4) is 0 Å². The van der Waals surface area contributed by atoms with Crippen molar-refractivity contribution in [3.8, 4) is 11.5 Å². The number of ether oxygens (including phenoxy) is 2. The highest BCUT2D eigenvalue weighted by atomic mass is 32.1. The van der Waals surface area contributed by atoms with Gasteiger partial charge in [0.05, 0.1) is 7.11 Å². The number of nitrogens with zero attached hydrogens (tertiary/aromatic N) is 1. The number of carbonyl (C=O) groups excluding carboxylic acids is 1. The fourth-order valence-electron chi connectivity index (χ4n) is 3.27. The van der Waals surface area contributed by atoms with Gasteiger partial charge in [-0.1, -0.05) is 6.07 Å². The molecule has 0 radical (unpaired) electrons. The van der Waals surface area contributed by atoms with Crippen molar-refractivity contribution in [1.29, 1.82) is 0 Å². The van der Waals surface area contributed by atoms with E-state index in [1.807, 2.05) is 35.6 Å². The molecule has 0 saturated carbocycles. The van der Waals surface area contributed by atoms with Crippen molar-refractivity contribution >= 4 is 17.2 Å². The van der Waals surface area contributed by atoms with Crippen LogP contribution in [0.15, 0.2) is 41.8 Å². The number of amides is 1. The van der Waals surface area contributed by atoms with E-state index in [9.17, 15) is 4.79 Å². The quantitative estimate of drug-likeness (QED) is 0.751. The van der Waals surface area contributed by atoms with Gasteiger partial charge in [0.1, 0.15) is 11.5 Å². The molecule has 5 nitrogen and oxygen atoms in total. The molecule has 3 rings (SSSR count). The molecule has 1 saturated heterocycles. The van der Waals surface area contributed by atoms with Crippen LogP contribution in [0.1, 0.15) is 24.6 Å². The number of likely N-dealkylation sites (tertiary alicyclic amines) is 1. The molecule has 6 heteroatoms. The molecule has 27 heavy (non-hydrogen) atoms. The Morgan fingerprint density at radius 2 is 1.93 bits per heavy atom. The molecular weight excluding hydrogens is 360 g/mol. The Bertz CT molecular complexity index is 695. The van der Waals surface area contributed by atoms with Crippen molar-refractivity contribution in [2.45, 2.75) is 32.4 Å². The summed E-state index contributed by atoms with van der Waals surface area (Å²) in [4.78, 5) is 16.2. The van der Waals surface area contributed by atoms with Gasteiger partial charge in [-0.05, 0) is 74.5 Å². The minimum absolute atomic E-state index is 0.0631. The first-order valence-corrected chi connectivity index (χ1v) is 10.3. The van der Waals surface area contributed by atoms with Gasteiger partial charge in [-0.25, -0.2) is 0 Å². The molecule has 0 aliphatic carbocycles. The summed E-state index contributed by atoms with van der Waals surface area (Å²) >= 11 is 1.82. The number of nitrogens with one attached hydrogen (secondary N) is 1. The largest absolute Gasteiger partial charge is 0.497 e. The summed E-state index contributed by atoms with van der Waals surface area (Å²) in [5.41, 5.74) is 0. The van der Waals surface area contributed by atoms with E-state index >= 15 is 0 Å². The molecule has 1 aliphatic rings. The Morgan fingerprint density at radius 1 is 1.22 bits per heavy atom. The highest BCUT2D eigenvalue weighted by molar-refractivity contribution is 7.09. The number of piperidine rings is 1. The second-order valence-corrected chi connectivity index (χ2v) is 8.01. The molecule has 0 spiro atoms. The van der Waals surface area contributed by atoms with Crippen LogP contribution in [0, 0.1) is 5.92 Å². The van der Waals surface area contributed by atoms with Crippen molar-refractivity contribution in [3.63, 3.8) is 0 Å². The minimum Gasteiger partial charge on any atom is -0.497 e. The maximum atomic E-state index is 12.3. The third-order valence-corrected chi connectivity index (χ3v) is 5.83. The molecule has 1 atom stereocenters. The Labute approximate surface area is 165 Å². The lowest BCUT2D eigenvalue weighted by molar-refractivity contribution is -0.127. The Hall–Kier alpha value is -2.05. The molecule has 1 N–H and O–H groups in total. The zero-order valence-corrected chi connectivity index (χ0v) is 16.8. The number of hydrogen-bond acceptors (Lipinski definition) is 5. The summed E-state index contributed by atoms with van der Waals surface area (Å²) in [5.74, 6) is 1.92. The molecule has 1 amide bonds. The molecule has 1 aromatic heterocycles. The molecule has 1 aromatic carbocycles. The smallest absolute Gasteiger partial charge is 0.260 e.